The van der Waals surface area contributed by atoms with Gasteiger partial charge in [0.25, 0.3) is 0 Å². The fourth-order valence-electron chi connectivity index (χ4n) is 2.89. The minimum Gasteiger partial charge on any atom is -0.395 e. The summed E-state index contributed by atoms with van der Waals surface area (Å²) in [5.41, 5.74) is 2.53. The maximum absolute atomic E-state index is 9.37. The number of hydrogen-bond acceptors (Lipinski definition) is 7. The van der Waals surface area contributed by atoms with E-state index in [2.05, 4.69) is 50.0 Å². The van der Waals surface area contributed by atoms with Crippen LogP contribution in [-0.2, 0) is 6.54 Å². The van der Waals surface area contributed by atoms with Crippen molar-refractivity contribution >= 4 is 38.9 Å². The number of halogens is 1. The van der Waals surface area contributed by atoms with Crippen LogP contribution in [0.25, 0.3) is 11.2 Å². The molecule has 0 fully saturated rings. The lowest BCUT2D eigenvalue weighted by molar-refractivity contribution is 0.280. The third-order valence-electron chi connectivity index (χ3n) is 4.36. The molecular formula is C19H25BrN6O2. The fourth-order valence-corrected chi connectivity index (χ4v) is 3.15. The van der Waals surface area contributed by atoms with Crippen LogP contribution in [0.5, 0.6) is 0 Å². The van der Waals surface area contributed by atoms with E-state index in [-0.39, 0.29) is 19.3 Å². The first-order chi connectivity index (χ1) is 13.5. The summed E-state index contributed by atoms with van der Waals surface area (Å²) in [5.74, 6) is 1.08. The summed E-state index contributed by atoms with van der Waals surface area (Å²) in [6.45, 7) is 5.31. The largest absolute Gasteiger partial charge is 0.395 e. The number of anilines is 2. The van der Waals surface area contributed by atoms with Crippen LogP contribution in [0.1, 0.15) is 25.5 Å². The van der Waals surface area contributed by atoms with E-state index < -0.39 is 0 Å². The van der Waals surface area contributed by atoms with Crippen molar-refractivity contribution in [2.45, 2.75) is 26.4 Å². The number of hydrogen-bond donors (Lipinski definition) is 3. The molecule has 0 saturated carbocycles. The summed E-state index contributed by atoms with van der Waals surface area (Å²) in [5, 5.41) is 22.1. The van der Waals surface area contributed by atoms with Crippen molar-refractivity contribution in [3.63, 3.8) is 0 Å². The molecule has 0 aliphatic rings. The first-order valence-electron chi connectivity index (χ1n) is 9.23. The molecule has 3 N–H and O–H groups in total. The van der Waals surface area contributed by atoms with Gasteiger partial charge in [-0.25, -0.2) is 4.98 Å². The standard InChI is InChI=1S/C19H25BrN6O2/c1-13(2)26-12-22-16-17(21-11-14-3-5-15(20)6-4-14)23-19(24-18(16)26)25(7-9-27)8-10-28/h3-6,12-13,27-28H,7-11H2,1-2H3,(H,21,23,24). The van der Waals surface area contributed by atoms with Crippen LogP contribution in [0.3, 0.4) is 0 Å². The topological polar surface area (TPSA) is 99.3 Å². The van der Waals surface area contributed by atoms with Crippen molar-refractivity contribution in [1.82, 2.24) is 19.5 Å². The molecule has 2 aromatic heterocycles. The molecule has 0 amide bonds. The maximum atomic E-state index is 9.37. The Kier molecular flexibility index (Phi) is 6.82. The normalized spacial score (nSPS) is 11.4. The molecular weight excluding hydrogens is 424 g/mol. The van der Waals surface area contributed by atoms with Gasteiger partial charge in [-0.15, -0.1) is 0 Å². The second-order valence-electron chi connectivity index (χ2n) is 6.70. The van der Waals surface area contributed by atoms with Gasteiger partial charge in [-0.2, -0.15) is 9.97 Å². The van der Waals surface area contributed by atoms with E-state index in [1.165, 1.54) is 0 Å². The zero-order valence-corrected chi connectivity index (χ0v) is 17.6. The molecule has 28 heavy (non-hydrogen) atoms. The molecule has 0 saturated heterocycles. The lowest BCUT2D eigenvalue weighted by atomic mass is 10.2. The van der Waals surface area contributed by atoms with Gasteiger partial charge in [0.2, 0.25) is 5.95 Å². The van der Waals surface area contributed by atoms with Gasteiger partial charge < -0.3 is 25.0 Å². The summed E-state index contributed by atoms with van der Waals surface area (Å²) in [6.07, 6.45) is 1.76. The zero-order valence-electron chi connectivity index (χ0n) is 16.0. The Hall–Kier alpha value is -2.23. The quantitative estimate of drug-likeness (QED) is 0.462. The molecule has 0 atom stereocenters. The molecule has 0 aliphatic carbocycles. The summed E-state index contributed by atoms with van der Waals surface area (Å²) in [4.78, 5) is 15.6. The number of imidazole rings is 1. The van der Waals surface area contributed by atoms with Gasteiger partial charge in [0.15, 0.2) is 17.0 Å². The highest BCUT2D eigenvalue weighted by atomic mass is 79.9. The van der Waals surface area contributed by atoms with E-state index in [1.54, 1.807) is 11.2 Å². The molecule has 8 nitrogen and oxygen atoms in total. The molecule has 0 bridgehead atoms. The average Bonchev–Trinajstić information content (AvgIpc) is 3.11. The number of aromatic nitrogens is 4. The van der Waals surface area contributed by atoms with E-state index in [0.717, 1.165) is 15.7 Å². The summed E-state index contributed by atoms with van der Waals surface area (Å²) < 4.78 is 3.02. The fraction of sp³-hybridized carbons (Fsp3) is 0.421. The lowest BCUT2D eigenvalue weighted by Crippen LogP contribution is -2.31. The number of nitrogens with one attached hydrogen (secondary N) is 1. The Bertz CT molecular complexity index is 907. The summed E-state index contributed by atoms with van der Waals surface area (Å²) in [6, 6.07) is 8.25. The number of benzene rings is 1. The molecule has 0 radical (unpaired) electrons. The molecule has 2 heterocycles. The van der Waals surface area contributed by atoms with Crippen molar-refractivity contribution in [3.05, 3.63) is 40.6 Å². The zero-order chi connectivity index (χ0) is 20.1. The minimum absolute atomic E-state index is 0.0491. The minimum atomic E-state index is -0.0491. The molecule has 1 aromatic carbocycles. The second kappa shape index (κ2) is 9.31. The van der Waals surface area contributed by atoms with Crippen molar-refractivity contribution in [2.75, 3.05) is 36.5 Å². The number of aliphatic hydroxyl groups is 2. The Morgan fingerprint density at radius 1 is 1.11 bits per heavy atom. The molecule has 0 unspecified atom stereocenters. The third-order valence-corrected chi connectivity index (χ3v) is 4.89. The van der Waals surface area contributed by atoms with Gasteiger partial charge in [-0.3, -0.25) is 0 Å². The van der Waals surface area contributed by atoms with Gasteiger partial charge in [0.05, 0.1) is 19.5 Å². The van der Waals surface area contributed by atoms with Gasteiger partial charge >= 0.3 is 0 Å². The molecule has 0 spiro atoms. The predicted octanol–water partition coefficient (Wildman–Crippen LogP) is 2.57. The highest BCUT2D eigenvalue weighted by Crippen LogP contribution is 2.25. The second-order valence-corrected chi connectivity index (χ2v) is 7.62. The van der Waals surface area contributed by atoms with Crippen molar-refractivity contribution < 1.29 is 10.2 Å². The number of aliphatic hydroxyl groups excluding tert-OH is 2. The SMILES string of the molecule is CC(C)n1cnc2c(NCc3ccc(Br)cc3)nc(N(CCO)CCO)nc21. The number of fused-ring (bicyclic) bond motifs is 1. The monoisotopic (exact) mass is 448 g/mol. The summed E-state index contributed by atoms with van der Waals surface area (Å²) in [7, 11) is 0. The molecule has 3 aromatic rings. The van der Waals surface area contributed by atoms with Gasteiger partial charge in [-0.1, -0.05) is 28.1 Å². The predicted molar refractivity (Wildman–Crippen MR) is 114 cm³/mol. The Morgan fingerprint density at radius 3 is 2.39 bits per heavy atom. The highest BCUT2D eigenvalue weighted by Gasteiger charge is 2.18. The Morgan fingerprint density at radius 2 is 1.79 bits per heavy atom. The van der Waals surface area contributed by atoms with Crippen LogP contribution in [0, 0.1) is 0 Å². The third kappa shape index (κ3) is 4.60. The number of rotatable bonds is 9. The van der Waals surface area contributed by atoms with E-state index in [0.29, 0.717) is 36.9 Å². The molecule has 0 aliphatic heterocycles. The van der Waals surface area contributed by atoms with E-state index in [9.17, 15) is 10.2 Å². The summed E-state index contributed by atoms with van der Waals surface area (Å²) >= 11 is 3.45. The molecule has 9 heteroatoms. The van der Waals surface area contributed by atoms with Crippen LogP contribution in [0.2, 0.25) is 0 Å². The number of nitrogens with zero attached hydrogens (tertiary/aromatic N) is 5. The van der Waals surface area contributed by atoms with Crippen LogP contribution < -0.4 is 10.2 Å². The van der Waals surface area contributed by atoms with Crippen LogP contribution in [-0.4, -0.2) is 56.0 Å². The Labute approximate surface area is 172 Å². The van der Waals surface area contributed by atoms with Crippen LogP contribution >= 0.6 is 15.9 Å². The van der Waals surface area contributed by atoms with Crippen LogP contribution in [0.4, 0.5) is 11.8 Å². The van der Waals surface area contributed by atoms with E-state index in [1.807, 2.05) is 28.8 Å². The molecule has 3 rings (SSSR count). The van der Waals surface area contributed by atoms with Gasteiger partial charge in [-0.05, 0) is 31.5 Å². The van der Waals surface area contributed by atoms with Crippen LogP contribution in [0.15, 0.2) is 35.1 Å². The highest BCUT2D eigenvalue weighted by molar-refractivity contribution is 9.10. The Balaban J connectivity index is 1.99. The first kappa shape index (κ1) is 20.5. The maximum Gasteiger partial charge on any atom is 0.229 e. The van der Waals surface area contributed by atoms with E-state index >= 15 is 0 Å². The lowest BCUT2D eigenvalue weighted by Gasteiger charge is -2.21. The average molecular weight is 449 g/mol. The smallest absolute Gasteiger partial charge is 0.229 e. The van der Waals surface area contributed by atoms with Crippen molar-refractivity contribution in [2.24, 2.45) is 0 Å². The van der Waals surface area contributed by atoms with Gasteiger partial charge in [0, 0.05) is 30.1 Å². The molecule has 150 valence electrons. The first-order valence-corrected chi connectivity index (χ1v) is 10.0. The van der Waals surface area contributed by atoms with Crippen molar-refractivity contribution in [1.29, 1.82) is 0 Å². The van der Waals surface area contributed by atoms with Gasteiger partial charge in [0.1, 0.15) is 0 Å². The van der Waals surface area contributed by atoms with Crippen molar-refractivity contribution in [3.8, 4) is 0 Å². The van der Waals surface area contributed by atoms with E-state index in [4.69, 9.17) is 0 Å².